The van der Waals surface area contributed by atoms with Crippen molar-refractivity contribution in [3.8, 4) is 5.88 Å². The molecule has 3 aromatic heterocycles. The van der Waals surface area contributed by atoms with Gasteiger partial charge < -0.3 is 28.1 Å². The molecule has 5 heterocycles. The number of esters is 1. The van der Waals surface area contributed by atoms with Crippen LogP contribution in [-0.4, -0.2) is 75.9 Å². The van der Waals surface area contributed by atoms with Gasteiger partial charge in [0.15, 0.2) is 6.39 Å². The molecule has 13 heteroatoms. The number of aromatic nitrogens is 4. The van der Waals surface area contributed by atoms with Crippen molar-refractivity contribution in [1.29, 1.82) is 0 Å². The van der Waals surface area contributed by atoms with Crippen LogP contribution in [0.3, 0.4) is 0 Å². The summed E-state index contributed by atoms with van der Waals surface area (Å²) in [5.41, 5.74) is 3.19. The van der Waals surface area contributed by atoms with Gasteiger partial charge in [-0.3, -0.25) is 4.90 Å². The third-order valence-corrected chi connectivity index (χ3v) is 8.54. The predicted octanol–water partition coefficient (Wildman–Crippen LogP) is 4.72. The molecule has 0 bridgehead atoms. The van der Waals surface area contributed by atoms with Gasteiger partial charge in [0, 0.05) is 29.7 Å². The zero-order chi connectivity index (χ0) is 30.9. The molecule has 232 valence electrons. The van der Waals surface area contributed by atoms with E-state index < -0.39 is 11.8 Å². The largest absolute Gasteiger partial charge is 0.473 e. The number of hydrogen-bond donors (Lipinski definition) is 0. The first-order valence-electron chi connectivity index (χ1n) is 14.5. The van der Waals surface area contributed by atoms with E-state index in [4.69, 9.17) is 40.2 Å². The molecule has 5 aromatic rings. The summed E-state index contributed by atoms with van der Waals surface area (Å²) in [7, 11) is 1.37. The number of pyridine rings is 1. The number of nitrogens with zero attached hydrogens (tertiary/aromatic N) is 6. The first-order valence-corrected chi connectivity index (χ1v) is 14.9. The number of benzene rings is 2. The van der Waals surface area contributed by atoms with Gasteiger partial charge in [-0.25, -0.2) is 19.2 Å². The van der Waals surface area contributed by atoms with Crippen molar-refractivity contribution in [2.75, 3.05) is 38.3 Å². The number of imidazole rings is 1. The molecule has 0 unspecified atom stereocenters. The number of piperazine rings is 1. The number of rotatable bonds is 9. The Labute approximate surface area is 263 Å². The van der Waals surface area contributed by atoms with E-state index in [1.165, 1.54) is 19.6 Å². The average molecular weight is 633 g/mol. The van der Waals surface area contributed by atoms with Gasteiger partial charge in [0.05, 0.1) is 67.8 Å². The molecule has 2 fully saturated rings. The number of halogens is 2. The maximum absolute atomic E-state index is 14.3. The van der Waals surface area contributed by atoms with Crippen LogP contribution in [0.2, 0.25) is 5.02 Å². The lowest BCUT2D eigenvalue weighted by Gasteiger charge is -2.44. The van der Waals surface area contributed by atoms with Crippen LogP contribution >= 0.6 is 11.6 Å². The molecule has 2 saturated heterocycles. The monoisotopic (exact) mass is 632 g/mol. The van der Waals surface area contributed by atoms with Crippen LogP contribution in [0.15, 0.2) is 71.7 Å². The minimum absolute atomic E-state index is 0.0405. The first kappa shape index (κ1) is 29.2. The lowest BCUT2D eigenvalue weighted by atomic mass is 10.0. The summed E-state index contributed by atoms with van der Waals surface area (Å²) < 4.78 is 38.4. The van der Waals surface area contributed by atoms with Crippen LogP contribution in [0.25, 0.3) is 11.0 Å². The Morgan fingerprint density at radius 1 is 1.07 bits per heavy atom. The van der Waals surface area contributed by atoms with Gasteiger partial charge in [0.1, 0.15) is 30.3 Å². The molecule has 0 amide bonds. The van der Waals surface area contributed by atoms with Gasteiger partial charge in [-0.15, -0.1) is 0 Å². The zero-order valence-corrected chi connectivity index (χ0v) is 25.2. The lowest BCUT2D eigenvalue weighted by Crippen LogP contribution is -2.59. The van der Waals surface area contributed by atoms with Gasteiger partial charge in [-0.2, -0.15) is 4.98 Å². The van der Waals surface area contributed by atoms with Crippen molar-refractivity contribution >= 4 is 34.4 Å². The normalized spacial score (nSPS) is 18.3. The highest BCUT2D eigenvalue weighted by atomic mass is 35.5. The second-order valence-corrected chi connectivity index (χ2v) is 11.4. The van der Waals surface area contributed by atoms with Gasteiger partial charge in [0.25, 0.3) is 0 Å². The van der Waals surface area contributed by atoms with Gasteiger partial charge >= 0.3 is 5.97 Å². The van der Waals surface area contributed by atoms with Crippen LogP contribution < -0.4 is 9.64 Å². The Hall–Kier alpha value is -4.52. The highest BCUT2D eigenvalue weighted by molar-refractivity contribution is 6.30. The molecular weight excluding hydrogens is 603 g/mol. The van der Waals surface area contributed by atoms with Crippen molar-refractivity contribution in [2.45, 2.75) is 31.8 Å². The minimum Gasteiger partial charge on any atom is -0.473 e. The molecule has 2 aromatic carbocycles. The molecule has 0 N–H and O–H groups in total. The number of oxazole rings is 1. The Morgan fingerprint density at radius 2 is 1.96 bits per heavy atom. The molecule has 11 nitrogen and oxygen atoms in total. The number of hydrogen-bond acceptors (Lipinski definition) is 10. The van der Waals surface area contributed by atoms with Crippen molar-refractivity contribution in [2.24, 2.45) is 0 Å². The summed E-state index contributed by atoms with van der Waals surface area (Å²) in [5.74, 6) is 1.21. The summed E-state index contributed by atoms with van der Waals surface area (Å²) in [6.07, 6.45) is 3.01. The highest BCUT2D eigenvalue weighted by Crippen LogP contribution is 2.31. The van der Waals surface area contributed by atoms with Crippen LogP contribution in [0.5, 0.6) is 5.88 Å². The van der Waals surface area contributed by atoms with E-state index in [0.717, 1.165) is 34.9 Å². The Bertz CT molecular complexity index is 1830. The Kier molecular flexibility index (Phi) is 8.09. The molecule has 0 aliphatic carbocycles. The fourth-order valence-electron chi connectivity index (χ4n) is 6.04. The van der Waals surface area contributed by atoms with Crippen LogP contribution in [0.4, 0.5) is 10.2 Å². The molecule has 45 heavy (non-hydrogen) atoms. The van der Waals surface area contributed by atoms with E-state index in [2.05, 4.69) is 19.4 Å². The number of fused-ring (bicyclic) bond motifs is 2. The Balaban J connectivity index is 1.11. The number of methoxy groups -OCH3 is 1. The van der Waals surface area contributed by atoms with Crippen molar-refractivity contribution in [3.63, 3.8) is 0 Å². The van der Waals surface area contributed by atoms with Crippen LogP contribution in [-0.2, 0) is 29.2 Å². The fourth-order valence-corrected chi connectivity index (χ4v) is 6.19. The van der Waals surface area contributed by atoms with E-state index >= 15 is 0 Å². The van der Waals surface area contributed by atoms with E-state index in [0.29, 0.717) is 54.9 Å². The van der Waals surface area contributed by atoms with Gasteiger partial charge in [-0.05, 0) is 36.4 Å². The number of anilines is 1. The van der Waals surface area contributed by atoms with E-state index in [1.54, 1.807) is 36.6 Å². The maximum Gasteiger partial charge on any atom is 0.337 e. The van der Waals surface area contributed by atoms with Crippen LogP contribution in [0, 0.1) is 5.82 Å². The smallest absolute Gasteiger partial charge is 0.337 e. The first-order chi connectivity index (χ1) is 22.0. The maximum atomic E-state index is 14.3. The standard InChI is InChI=1S/C32H30ClFN6O5/c1-42-32(41)20-6-8-25-26(11-20)40(13-23-16-44-19-35-23)30(36-25)14-38-9-10-39(28-18-43-17-27(28)38)29-3-2-4-31(37-29)45-15-21-5-7-22(33)12-24(21)34/h2-8,11-12,16,19,27-28H,9-10,13-15,17-18H2,1H3/t27-,28+/m1/s1. The summed E-state index contributed by atoms with van der Waals surface area (Å²) in [5, 5.41) is 0.337. The topological polar surface area (TPSA) is 108 Å². The number of carbonyl (C=O) groups excluding carboxylic acids is 1. The van der Waals surface area contributed by atoms with Gasteiger partial charge in [-0.1, -0.05) is 23.7 Å². The number of carbonyl (C=O) groups is 1. The Morgan fingerprint density at radius 3 is 2.78 bits per heavy atom. The van der Waals surface area contributed by atoms with Crippen molar-refractivity contribution < 1.29 is 27.8 Å². The van der Waals surface area contributed by atoms with E-state index in [-0.39, 0.29) is 18.7 Å². The van der Waals surface area contributed by atoms with E-state index in [9.17, 15) is 9.18 Å². The molecule has 7 rings (SSSR count). The molecule has 0 spiro atoms. The van der Waals surface area contributed by atoms with E-state index in [1.807, 2.05) is 18.2 Å². The summed E-state index contributed by atoms with van der Waals surface area (Å²) in [4.78, 5) is 31.0. The average Bonchev–Trinajstić information content (AvgIpc) is 3.82. The predicted molar refractivity (Wildman–Crippen MR) is 163 cm³/mol. The molecular formula is C32H30ClFN6O5. The highest BCUT2D eigenvalue weighted by Gasteiger charge is 2.42. The SMILES string of the molecule is COC(=O)c1ccc2nc(CN3CCN(c4cccc(OCc5ccc(Cl)cc5F)n4)[C@H]4COC[C@H]43)n(Cc3cocn3)c2c1. The molecule has 2 atom stereocenters. The van der Waals surface area contributed by atoms with Crippen molar-refractivity contribution in [1.82, 2.24) is 24.4 Å². The second kappa shape index (κ2) is 12.5. The molecule has 0 saturated carbocycles. The molecule has 2 aliphatic heterocycles. The molecule has 0 radical (unpaired) electrons. The fraction of sp³-hybridized carbons (Fsp3) is 0.312. The third-order valence-electron chi connectivity index (χ3n) is 8.31. The second-order valence-electron chi connectivity index (χ2n) is 11.0. The lowest BCUT2D eigenvalue weighted by molar-refractivity contribution is 0.0601. The van der Waals surface area contributed by atoms with Crippen LogP contribution in [0.1, 0.15) is 27.4 Å². The van der Waals surface area contributed by atoms with Gasteiger partial charge in [0.2, 0.25) is 5.88 Å². The molecule has 2 aliphatic rings. The summed E-state index contributed by atoms with van der Waals surface area (Å²) in [6, 6.07) is 15.7. The summed E-state index contributed by atoms with van der Waals surface area (Å²) >= 11 is 5.88. The van der Waals surface area contributed by atoms with Crippen molar-refractivity contribution in [3.05, 3.63) is 101 Å². The quantitative estimate of drug-likeness (QED) is 0.212. The summed E-state index contributed by atoms with van der Waals surface area (Å²) in [6.45, 7) is 3.64. The minimum atomic E-state index is -0.417. The number of ether oxygens (including phenoxy) is 3. The zero-order valence-electron chi connectivity index (χ0n) is 24.4. The third kappa shape index (κ3) is 5.96.